The van der Waals surface area contributed by atoms with Gasteiger partial charge in [-0.1, -0.05) is 12.1 Å². The van der Waals surface area contributed by atoms with Crippen LogP contribution in [-0.4, -0.2) is 22.0 Å². The van der Waals surface area contributed by atoms with Crippen LogP contribution in [0.4, 0.5) is 4.39 Å². The average molecular weight is 301 g/mol. The van der Waals surface area contributed by atoms with Gasteiger partial charge >= 0.3 is 0 Å². The molecule has 1 amide bonds. The molecule has 0 spiro atoms. The Balaban J connectivity index is 1.82. The van der Waals surface area contributed by atoms with Crippen molar-refractivity contribution in [1.82, 2.24) is 14.9 Å². The first kappa shape index (κ1) is 15.6. The summed E-state index contributed by atoms with van der Waals surface area (Å²) >= 11 is 0. The number of hydrogen-bond donors (Lipinski definition) is 1. The van der Waals surface area contributed by atoms with Gasteiger partial charge in [0.15, 0.2) is 0 Å². The van der Waals surface area contributed by atoms with Gasteiger partial charge in [0.1, 0.15) is 5.82 Å². The second-order valence-corrected chi connectivity index (χ2v) is 4.74. The zero-order chi connectivity index (χ0) is 15.9. The molecule has 0 bridgehead atoms. The molecule has 0 aliphatic heterocycles. The highest BCUT2D eigenvalue weighted by atomic mass is 19.1. The SMILES string of the molecule is Cc1cc(=O)n(CCNC(=O)/C=C/c2ccc(F)cc2)cn1. The molecule has 1 aromatic carbocycles. The lowest BCUT2D eigenvalue weighted by Crippen LogP contribution is -2.29. The molecule has 1 aromatic heterocycles. The number of amides is 1. The summed E-state index contributed by atoms with van der Waals surface area (Å²) in [5.41, 5.74) is 1.24. The standard InChI is InChI=1S/C16H16FN3O2/c1-12-10-16(22)20(11-19-12)9-8-18-15(21)7-4-13-2-5-14(17)6-3-13/h2-7,10-11H,8-9H2,1H3,(H,18,21)/b7-4+. The lowest BCUT2D eigenvalue weighted by Gasteiger charge is -2.05. The third kappa shape index (κ3) is 4.66. The van der Waals surface area contributed by atoms with Gasteiger partial charge in [-0.15, -0.1) is 0 Å². The second-order valence-electron chi connectivity index (χ2n) is 4.74. The smallest absolute Gasteiger partial charge is 0.253 e. The summed E-state index contributed by atoms with van der Waals surface area (Å²) in [4.78, 5) is 27.3. The van der Waals surface area contributed by atoms with Crippen LogP contribution in [-0.2, 0) is 11.3 Å². The molecule has 0 aliphatic carbocycles. The van der Waals surface area contributed by atoms with E-state index < -0.39 is 0 Å². The molecular formula is C16H16FN3O2. The number of carbonyl (C=O) groups excluding carboxylic acids is 1. The minimum absolute atomic E-state index is 0.149. The molecule has 0 aliphatic rings. The molecule has 0 fully saturated rings. The van der Waals surface area contributed by atoms with Crippen LogP contribution < -0.4 is 10.9 Å². The highest BCUT2D eigenvalue weighted by molar-refractivity contribution is 5.91. The number of rotatable bonds is 5. The molecule has 0 atom stereocenters. The molecular weight excluding hydrogens is 285 g/mol. The van der Waals surface area contributed by atoms with Crippen molar-refractivity contribution in [3.8, 4) is 0 Å². The molecule has 2 aromatic rings. The number of halogens is 1. The van der Waals surface area contributed by atoms with Gasteiger partial charge in [-0.25, -0.2) is 9.37 Å². The highest BCUT2D eigenvalue weighted by Gasteiger charge is 1.99. The van der Waals surface area contributed by atoms with Gasteiger partial charge in [0.2, 0.25) is 5.91 Å². The first-order chi connectivity index (χ1) is 10.5. The van der Waals surface area contributed by atoms with Crippen molar-refractivity contribution in [2.45, 2.75) is 13.5 Å². The summed E-state index contributed by atoms with van der Waals surface area (Å²) in [5.74, 6) is -0.601. The number of aromatic nitrogens is 2. The fraction of sp³-hybridized carbons (Fsp3) is 0.188. The molecule has 1 N–H and O–H groups in total. The Morgan fingerprint density at radius 3 is 2.77 bits per heavy atom. The van der Waals surface area contributed by atoms with E-state index in [4.69, 9.17) is 0 Å². The topological polar surface area (TPSA) is 64.0 Å². The van der Waals surface area contributed by atoms with E-state index in [0.717, 1.165) is 5.56 Å². The first-order valence-corrected chi connectivity index (χ1v) is 6.79. The largest absolute Gasteiger partial charge is 0.351 e. The summed E-state index contributed by atoms with van der Waals surface area (Å²) in [6, 6.07) is 7.26. The normalized spacial score (nSPS) is 10.8. The maximum Gasteiger partial charge on any atom is 0.253 e. The summed E-state index contributed by atoms with van der Waals surface area (Å²) in [7, 11) is 0. The molecule has 5 nitrogen and oxygen atoms in total. The number of carbonyl (C=O) groups is 1. The minimum Gasteiger partial charge on any atom is -0.351 e. The number of aryl methyl sites for hydroxylation is 1. The monoisotopic (exact) mass is 301 g/mol. The molecule has 22 heavy (non-hydrogen) atoms. The van der Waals surface area contributed by atoms with Crippen molar-refractivity contribution in [3.63, 3.8) is 0 Å². The van der Waals surface area contributed by atoms with E-state index in [2.05, 4.69) is 10.3 Å². The Bertz CT molecular complexity index is 736. The Morgan fingerprint density at radius 1 is 1.36 bits per heavy atom. The van der Waals surface area contributed by atoms with Gasteiger partial charge in [-0.3, -0.25) is 14.2 Å². The maximum atomic E-state index is 12.7. The van der Waals surface area contributed by atoms with Crippen molar-refractivity contribution in [2.24, 2.45) is 0 Å². The zero-order valence-corrected chi connectivity index (χ0v) is 12.1. The molecule has 0 unspecified atom stereocenters. The minimum atomic E-state index is -0.321. The van der Waals surface area contributed by atoms with Gasteiger partial charge in [-0.2, -0.15) is 0 Å². The van der Waals surface area contributed by atoms with Gasteiger partial charge in [0.05, 0.1) is 6.33 Å². The predicted molar refractivity (Wildman–Crippen MR) is 81.7 cm³/mol. The lowest BCUT2D eigenvalue weighted by atomic mass is 10.2. The van der Waals surface area contributed by atoms with Crippen LogP contribution in [0, 0.1) is 12.7 Å². The second kappa shape index (κ2) is 7.31. The Kier molecular flexibility index (Phi) is 5.19. The average Bonchev–Trinajstić information content (AvgIpc) is 2.49. The fourth-order valence-corrected chi connectivity index (χ4v) is 1.79. The summed E-state index contributed by atoms with van der Waals surface area (Å²) in [5, 5.41) is 2.67. The van der Waals surface area contributed by atoms with E-state index >= 15 is 0 Å². The van der Waals surface area contributed by atoms with Gasteiger partial charge in [0.25, 0.3) is 5.56 Å². The van der Waals surface area contributed by atoms with E-state index in [1.165, 1.54) is 35.2 Å². The molecule has 0 radical (unpaired) electrons. The number of nitrogens with zero attached hydrogens (tertiary/aromatic N) is 2. The predicted octanol–water partition coefficient (Wildman–Crippen LogP) is 1.52. The number of nitrogens with one attached hydrogen (secondary N) is 1. The van der Waals surface area contributed by atoms with E-state index in [0.29, 0.717) is 18.8 Å². The molecule has 0 saturated heterocycles. The lowest BCUT2D eigenvalue weighted by molar-refractivity contribution is -0.116. The van der Waals surface area contributed by atoms with Crippen LogP contribution in [0.25, 0.3) is 6.08 Å². The van der Waals surface area contributed by atoms with Crippen LogP contribution in [0.1, 0.15) is 11.3 Å². The van der Waals surface area contributed by atoms with Gasteiger partial charge in [-0.05, 0) is 30.7 Å². The highest BCUT2D eigenvalue weighted by Crippen LogP contribution is 2.04. The molecule has 2 rings (SSSR count). The Labute approximate surface area is 127 Å². The van der Waals surface area contributed by atoms with Crippen LogP contribution in [0.3, 0.4) is 0 Å². The van der Waals surface area contributed by atoms with Crippen LogP contribution in [0.5, 0.6) is 0 Å². The van der Waals surface area contributed by atoms with Gasteiger partial charge < -0.3 is 5.32 Å². The summed E-state index contributed by atoms with van der Waals surface area (Å²) in [6.45, 7) is 2.41. The van der Waals surface area contributed by atoms with Crippen LogP contribution >= 0.6 is 0 Å². The molecule has 6 heteroatoms. The Morgan fingerprint density at radius 2 is 2.09 bits per heavy atom. The van der Waals surface area contributed by atoms with Crippen molar-refractivity contribution in [3.05, 3.63) is 70.2 Å². The zero-order valence-electron chi connectivity index (χ0n) is 12.1. The van der Waals surface area contributed by atoms with E-state index in [9.17, 15) is 14.0 Å². The van der Waals surface area contributed by atoms with E-state index in [1.54, 1.807) is 25.1 Å². The summed E-state index contributed by atoms with van der Waals surface area (Å²) < 4.78 is 14.2. The van der Waals surface area contributed by atoms with Crippen molar-refractivity contribution < 1.29 is 9.18 Å². The van der Waals surface area contributed by atoms with E-state index in [1.807, 2.05) is 0 Å². The number of hydrogen-bond acceptors (Lipinski definition) is 3. The van der Waals surface area contributed by atoms with Crippen LogP contribution in [0.15, 0.2) is 47.5 Å². The third-order valence-electron chi connectivity index (χ3n) is 2.97. The molecule has 0 saturated carbocycles. The van der Waals surface area contributed by atoms with Gasteiger partial charge in [0, 0.05) is 30.9 Å². The van der Waals surface area contributed by atoms with Crippen molar-refractivity contribution in [1.29, 1.82) is 0 Å². The fourth-order valence-electron chi connectivity index (χ4n) is 1.79. The molecule has 1 heterocycles. The third-order valence-corrected chi connectivity index (χ3v) is 2.97. The van der Waals surface area contributed by atoms with Crippen LogP contribution in [0.2, 0.25) is 0 Å². The van der Waals surface area contributed by atoms with E-state index in [-0.39, 0.29) is 17.3 Å². The van der Waals surface area contributed by atoms with Crippen molar-refractivity contribution >= 4 is 12.0 Å². The quantitative estimate of drug-likeness (QED) is 0.852. The summed E-state index contributed by atoms with van der Waals surface area (Å²) in [6.07, 6.45) is 4.41. The first-order valence-electron chi connectivity index (χ1n) is 6.79. The maximum absolute atomic E-state index is 12.7. The Hall–Kier alpha value is -2.76. The van der Waals surface area contributed by atoms with Crippen molar-refractivity contribution in [2.75, 3.05) is 6.54 Å². The molecule has 114 valence electrons. The number of benzene rings is 1.